The number of anilines is 1. The Morgan fingerprint density at radius 3 is 2.80 bits per heavy atom. The Hall–Kier alpha value is -3.14. The maximum absolute atomic E-state index is 12.4. The lowest BCUT2D eigenvalue weighted by Gasteiger charge is -2.06. The Kier molecular flexibility index (Phi) is 3.73. The number of benzene rings is 2. The van der Waals surface area contributed by atoms with E-state index in [9.17, 15) is 4.79 Å². The van der Waals surface area contributed by atoms with Crippen molar-refractivity contribution in [3.63, 3.8) is 0 Å². The van der Waals surface area contributed by atoms with Crippen molar-refractivity contribution >= 4 is 33.5 Å². The number of hydrogen-bond donors (Lipinski definition) is 1. The van der Waals surface area contributed by atoms with E-state index in [4.69, 9.17) is 4.42 Å². The van der Waals surface area contributed by atoms with Crippen LogP contribution in [0, 0.1) is 13.8 Å². The average molecular weight is 330 g/mol. The van der Waals surface area contributed by atoms with Crippen molar-refractivity contribution in [1.29, 1.82) is 0 Å². The van der Waals surface area contributed by atoms with Gasteiger partial charge in [-0.15, -0.1) is 0 Å². The van der Waals surface area contributed by atoms with Gasteiger partial charge in [0.15, 0.2) is 0 Å². The first kappa shape index (κ1) is 15.4. The number of carbonyl (C=O) groups excluding carboxylic acids is 1. The van der Waals surface area contributed by atoms with Gasteiger partial charge in [0, 0.05) is 16.3 Å². The first-order valence-corrected chi connectivity index (χ1v) is 8.22. The third-order valence-electron chi connectivity index (χ3n) is 4.50. The lowest BCUT2D eigenvalue weighted by Crippen LogP contribution is -2.14. The summed E-state index contributed by atoms with van der Waals surface area (Å²) in [7, 11) is 0. The van der Waals surface area contributed by atoms with Crippen LogP contribution in [0.4, 0.5) is 5.69 Å². The molecule has 0 aliphatic heterocycles. The van der Waals surface area contributed by atoms with Gasteiger partial charge in [0.1, 0.15) is 5.58 Å². The number of fused-ring (bicyclic) bond motifs is 2. The van der Waals surface area contributed by atoms with Crippen LogP contribution in [-0.2, 0) is 11.2 Å². The maximum atomic E-state index is 12.4. The monoisotopic (exact) mass is 330 g/mol. The molecule has 0 atom stereocenters. The van der Waals surface area contributed by atoms with Gasteiger partial charge in [-0.2, -0.15) is 0 Å². The fourth-order valence-electron chi connectivity index (χ4n) is 2.99. The molecule has 4 heteroatoms. The number of amides is 1. The molecule has 0 aliphatic rings. The van der Waals surface area contributed by atoms with Gasteiger partial charge < -0.3 is 9.73 Å². The van der Waals surface area contributed by atoms with E-state index in [-0.39, 0.29) is 12.3 Å². The summed E-state index contributed by atoms with van der Waals surface area (Å²) in [6.45, 7) is 4.11. The molecule has 4 aromatic rings. The number of carbonyl (C=O) groups is 1. The fourth-order valence-corrected chi connectivity index (χ4v) is 2.99. The van der Waals surface area contributed by atoms with Gasteiger partial charge in [0.25, 0.3) is 0 Å². The molecule has 124 valence electrons. The van der Waals surface area contributed by atoms with Crippen molar-refractivity contribution in [2.24, 2.45) is 0 Å². The minimum Gasteiger partial charge on any atom is -0.464 e. The molecule has 25 heavy (non-hydrogen) atoms. The number of aryl methyl sites for hydroxylation is 2. The minimum atomic E-state index is -0.0852. The maximum Gasteiger partial charge on any atom is 0.228 e. The molecule has 0 bridgehead atoms. The summed E-state index contributed by atoms with van der Waals surface area (Å²) in [4.78, 5) is 16.8. The van der Waals surface area contributed by atoms with E-state index in [0.717, 1.165) is 27.4 Å². The largest absolute Gasteiger partial charge is 0.464 e. The molecule has 2 aromatic heterocycles. The van der Waals surface area contributed by atoms with Crippen LogP contribution < -0.4 is 5.32 Å². The Bertz CT molecular complexity index is 1100. The lowest BCUT2D eigenvalue weighted by molar-refractivity contribution is -0.115. The van der Waals surface area contributed by atoms with Gasteiger partial charge in [0.05, 0.1) is 30.1 Å². The van der Waals surface area contributed by atoms with Crippen molar-refractivity contribution < 1.29 is 9.21 Å². The smallest absolute Gasteiger partial charge is 0.228 e. The Balaban J connectivity index is 1.56. The number of pyridine rings is 1. The molecule has 2 aromatic carbocycles. The molecule has 0 spiro atoms. The summed E-state index contributed by atoms with van der Waals surface area (Å²) in [5.41, 5.74) is 5.69. The molecule has 0 unspecified atom stereocenters. The van der Waals surface area contributed by atoms with E-state index in [0.29, 0.717) is 5.69 Å². The number of furan rings is 1. The van der Waals surface area contributed by atoms with Crippen LogP contribution >= 0.6 is 0 Å². The predicted octanol–water partition coefficient (Wildman–Crippen LogP) is 4.78. The van der Waals surface area contributed by atoms with Crippen molar-refractivity contribution in [2.75, 3.05) is 5.32 Å². The highest BCUT2D eigenvalue weighted by Gasteiger charge is 2.12. The van der Waals surface area contributed by atoms with Gasteiger partial charge in [-0.05, 0) is 49.2 Å². The van der Waals surface area contributed by atoms with Crippen LogP contribution in [0.2, 0.25) is 0 Å². The summed E-state index contributed by atoms with van der Waals surface area (Å²) >= 11 is 0. The molecule has 1 N–H and O–H groups in total. The normalized spacial score (nSPS) is 11.1. The second-order valence-corrected chi connectivity index (χ2v) is 6.34. The molecular weight excluding hydrogens is 312 g/mol. The lowest BCUT2D eigenvalue weighted by atomic mass is 10.0. The van der Waals surface area contributed by atoms with Gasteiger partial charge in [0.2, 0.25) is 5.91 Å². The zero-order chi connectivity index (χ0) is 17.4. The van der Waals surface area contributed by atoms with Crippen LogP contribution in [0.1, 0.15) is 16.7 Å². The Labute approximate surface area is 145 Å². The van der Waals surface area contributed by atoms with Crippen molar-refractivity contribution in [3.05, 3.63) is 71.6 Å². The highest BCUT2D eigenvalue weighted by molar-refractivity contribution is 5.96. The number of rotatable bonds is 3. The minimum absolute atomic E-state index is 0.0852. The van der Waals surface area contributed by atoms with Crippen molar-refractivity contribution in [2.45, 2.75) is 20.3 Å². The molecule has 0 fully saturated rings. The summed E-state index contributed by atoms with van der Waals surface area (Å²) in [5, 5.41) is 4.92. The van der Waals surface area contributed by atoms with Crippen LogP contribution in [0.25, 0.3) is 21.9 Å². The molecule has 0 saturated heterocycles. The third kappa shape index (κ3) is 2.98. The molecule has 0 radical (unpaired) electrons. The predicted molar refractivity (Wildman–Crippen MR) is 99.8 cm³/mol. The zero-order valence-corrected chi connectivity index (χ0v) is 14.2. The summed E-state index contributed by atoms with van der Waals surface area (Å²) < 4.78 is 5.60. The van der Waals surface area contributed by atoms with Gasteiger partial charge >= 0.3 is 0 Å². The Morgan fingerprint density at radius 1 is 1.12 bits per heavy atom. The topological polar surface area (TPSA) is 55.1 Å². The third-order valence-corrected chi connectivity index (χ3v) is 4.50. The SMILES string of the molecule is Cc1cc2occ(CC(=O)Nc3cnc4ccccc4c3)c2cc1C. The number of hydrogen-bond acceptors (Lipinski definition) is 3. The molecule has 4 rings (SSSR count). The summed E-state index contributed by atoms with van der Waals surface area (Å²) in [5.74, 6) is -0.0852. The standard InChI is InChI=1S/C21H18N2O2/c1-13-7-18-16(12-25-20(18)8-14(13)2)10-21(24)23-17-9-15-5-3-4-6-19(15)22-11-17/h3-9,11-12H,10H2,1-2H3,(H,23,24). The summed E-state index contributed by atoms with van der Waals surface area (Å²) in [6, 6.07) is 13.9. The zero-order valence-electron chi connectivity index (χ0n) is 14.2. The molecular formula is C21H18N2O2. The number of para-hydroxylation sites is 1. The van der Waals surface area contributed by atoms with E-state index >= 15 is 0 Å². The average Bonchev–Trinajstić information content (AvgIpc) is 2.97. The van der Waals surface area contributed by atoms with E-state index < -0.39 is 0 Å². The quantitative estimate of drug-likeness (QED) is 0.588. The summed E-state index contributed by atoms with van der Waals surface area (Å²) in [6.07, 6.45) is 3.62. The Morgan fingerprint density at radius 2 is 1.92 bits per heavy atom. The number of nitrogens with zero attached hydrogens (tertiary/aromatic N) is 1. The fraction of sp³-hybridized carbons (Fsp3) is 0.143. The van der Waals surface area contributed by atoms with E-state index in [2.05, 4.69) is 30.2 Å². The molecule has 4 nitrogen and oxygen atoms in total. The van der Waals surface area contributed by atoms with Crippen LogP contribution in [0.3, 0.4) is 0 Å². The van der Waals surface area contributed by atoms with E-state index in [1.807, 2.05) is 36.4 Å². The highest BCUT2D eigenvalue weighted by atomic mass is 16.3. The second kappa shape index (κ2) is 6.06. The first-order valence-electron chi connectivity index (χ1n) is 8.22. The molecule has 0 saturated carbocycles. The van der Waals surface area contributed by atoms with Gasteiger partial charge in [-0.3, -0.25) is 9.78 Å². The highest BCUT2D eigenvalue weighted by Crippen LogP contribution is 2.25. The van der Waals surface area contributed by atoms with Crippen LogP contribution in [-0.4, -0.2) is 10.9 Å². The van der Waals surface area contributed by atoms with Gasteiger partial charge in [-0.1, -0.05) is 18.2 Å². The van der Waals surface area contributed by atoms with Crippen molar-refractivity contribution in [3.8, 4) is 0 Å². The van der Waals surface area contributed by atoms with Crippen LogP contribution in [0.15, 0.2) is 59.3 Å². The number of aromatic nitrogens is 1. The molecule has 2 heterocycles. The van der Waals surface area contributed by atoms with Crippen LogP contribution in [0.5, 0.6) is 0 Å². The second-order valence-electron chi connectivity index (χ2n) is 6.34. The van der Waals surface area contributed by atoms with E-state index in [1.165, 1.54) is 11.1 Å². The van der Waals surface area contributed by atoms with Gasteiger partial charge in [-0.25, -0.2) is 0 Å². The first-order chi connectivity index (χ1) is 12.1. The molecule has 0 aliphatic carbocycles. The molecule has 1 amide bonds. The van der Waals surface area contributed by atoms with Crippen molar-refractivity contribution in [1.82, 2.24) is 4.98 Å². The number of nitrogens with one attached hydrogen (secondary N) is 1. The van der Waals surface area contributed by atoms with E-state index in [1.54, 1.807) is 12.5 Å².